The Labute approximate surface area is 122 Å². The quantitative estimate of drug-likeness (QED) is 0.866. The van der Waals surface area contributed by atoms with E-state index in [-0.39, 0.29) is 0 Å². The predicted octanol–water partition coefficient (Wildman–Crippen LogP) is 3.35. The second-order valence-electron chi connectivity index (χ2n) is 5.72. The molecule has 0 amide bonds. The SMILES string of the molecule is CCNC(c1cc(OC)ncn1)C1CCCC(CC)C1. The molecule has 1 heterocycles. The van der Waals surface area contributed by atoms with E-state index in [1.165, 1.54) is 32.1 Å². The molecule has 4 nitrogen and oxygen atoms in total. The summed E-state index contributed by atoms with van der Waals surface area (Å²) in [6.45, 7) is 5.43. The van der Waals surface area contributed by atoms with Gasteiger partial charge in [0, 0.05) is 6.07 Å². The number of nitrogens with one attached hydrogen (secondary N) is 1. The summed E-state index contributed by atoms with van der Waals surface area (Å²) in [7, 11) is 1.65. The Morgan fingerprint density at radius 3 is 2.90 bits per heavy atom. The van der Waals surface area contributed by atoms with Gasteiger partial charge in [-0.2, -0.15) is 0 Å². The van der Waals surface area contributed by atoms with E-state index in [0.717, 1.165) is 18.2 Å². The van der Waals surface area contributed by atoms with Crippen molar-refractivity contribution in [3.63, 3.8) is 0 Å². The molecule has 1 aromatic heterocycles. The molecule has 0 aromatic carbocycles. The van der Waals surface area contributed by atoms with Crippen molar-refractivity contribution < 1.29 is 4.74 Å². The van der Waals surface area contributed by atoms with Gasteiger partial charge in [0.15, 0.2) is 0 Å². The highest BCUT2D eigenvalue weighted by atomic mass is 16.5. The second kappa shape index (κ2) is 7.58. The lowest BCUT2D eigenvalue weighted by Crippen LogP contribution is -2.32. The molecule has 20 heavy (non-hydrogen) atoms. The first-order valence-corrected chi connectivity index (χ1v) is 7.87. The van der Waals surface area contributed by atoms with Gasteiger partial charge in [-0.1, -0.05) is 33.1 Å². The summed E-state index contributed by atoms with van der Waals surface area (Å²) in [5.74, 6) is 2.20. The molecule has 0 spiro atoms. The molecule has 1 aliphatic rings. The van der Waals surface area contributed by atoms with Crippen molar-refractivity contribution in [3.05, 3.63) is 18.1 Å². The van der Waals surface area contributed by atoms with E-state index < -0.39 is 0 Å². The van der Waals surface area contributed by atoms with Crippen LogP contribution in [0.2, 0.25) is 0 Å². The predicted molar refractivity (Wildman–Crippen MR) is 80.7 cm³/mol. The third-order valence-electron chi connectivity index (χ3n) is 4.49. The smallest absolute Gasteiger partial charge is 0.216 e. The lowest BCUT2D eigenvalue weighted by atomic mass is 9.76. The Morgan fingerprint density at radius 2 is 2.20 bits per heavy atom. The van der Waals surface area contributed by atoms with Crippen LogP contribution in [0.5, 0.6) is 5.88 Å². The summed E-state index contributed by atoms with van der Waals surface area (Å²) in [5.41, 5.74) is 1.07. The minimum Gasteiger partial charge on any atom is -0.481 e. The fraction of sp³-hybridized carbons (Fsp3) is 0.750. The fourth-order valence-electron chi connectivity index (χ4n) is 3.37. The monoisotopic (exact) mass is 277 g/mol. The number of ether oxygens (including phenoxy) is 1. The van der Waals surface area contributed by atoms with Crippen LogP contribution in [-0.2, 0) is 0 Å². The summed E-state index contributed by atoms with van der Waals surface area (Å²) in [6, 6.07) is 2.30. The summed E-state index contributed by atoms with van der Waals surface area (Å²) < 4.78 is 5.23. The number of aromatic nitrogens is 2. The molecule has 3 atom stereocenters. The average Bonchev–Trinajstić information content (AvgIpc) is 2.52. The first kappa shape index (κ1) is 15.2. The van der Waals surface area contributed by atoms with Gasteiger partial charge < -0.3 is 10.1 Å². The van der Waals surface area contributed by atoms with Crippen LogP contribution in [0.1, 0.15) is 57.7 Å². The van der Waals surface area contributed by atoms with Gasteiger partial charge in [0.2, 0.25) is 5.88 Å². The highest BCUT2D eigenvalue weighted by Crippen LogP contribution is 2.38. The Balaban J connectivity index is 2.16. The molecule has 4 heteroatoms. The lowest BCUT2D eigenvalue weighted by Gasteiger charge is -2.34. The summed E-state index contributed by atoms with van der Waals surface area (Å²) in [5, 5.41) is 3.62. The maximum absolute atomic E-state index is 5.23. The molecule has 0 bridgehead atoms. The Kier molecular flexibility index (Phi) is 5.77. The molecule has 1 aliphatic carbocycles. The third kappa shape index (κ3) is 3.69. The Hall–Kier alpha value is -1.16. The largest absolute Gasteiger partial charge is 0.481 e. The van der Waals surface area contributed by atoms with E-state index in [2.05, 4.69) is 29.1 Å². The van der Waals surface area contributed by atoms with Crippen LogP contribution < -0.4 is 10.1 Å². The van der Waals surface area contributed by atoms with Crippen molar-refractivity contribution in [1.82, 2.24) is 15.3 Å². The zero-order valence-electron chi connectivity index (χ0n) is 12.9. The molecule has 3 unspecified atom stereocenters. The molecular weight excluding hydrogens is 250 g/mol. The van der Waals surface area contributed by atoms with Gasteiger partial charge in [0.05, 0.1) is 18.8 Å². The maximum Gasteiger partial charge on any atom is 0.216 e. The Bertz CT molecular complexity index is 410. The first-order chi connectivity index (χ1) is 9.78. The molecule has 2 rings (SSSR count). The number of rotatable bonds is 6. The first-order valence-electron chi connectivity index (χ1n) is 7.87. The average molecular weight is 277 g/mol. The third-order valence-corrected chi connectivity index (χ3v) is 4.49. The molecule has 1 N–H and O–H groups in total. The van der Waals surface area contributed by atoms with Gasteiger partial charge in [-0.05, 0) is 31.2 Å². The maximum atomic E-state index is 5.23. The van der Waals surface area contributed by atoms with Crippen LogP contribution in [0, 0.1) is 11.8 Å². The van der Waals surface area contributed by atoms with Crippen molar-refractivity contribution in [2.75, 3.05) is 13.7 Å². The van der Waals surface area contributed by atoms with Crippen molar-refractivity contribution in [2.24, 2.45) is 11.8 Å². The summed E-state index contributed by atoms with van der Waals surface area (Å²) >= 11 is 0. The van der Waals surface area contributed by atoms with Crippen molar-refractivity contribution in [1.29, 1.82) is 0 Å². The van der Waals surface area contributed by atoms with Gasteiger partial charge in [-0.25, -0.2) is 9.97 Å². The van der Waals surface area contributed by atoms with Gasteiger partial charge >= 0.3 is 0 Å². The molecular formula is C16H27N3O. The molecule has 1 fully saturated rings. The molecule has 0 radical (unpaired) electrons. The van der Waals surface area contributed by atoms with Crippen LogP contribution in [-0.4, -0.2) is 23.6 Å². The van der Waals surface area contributed by atoms with E-state index >= 15 is 0 Å². The van der Waals surface area contributed by atoms with Crippen LogP contribution in [0.15, 0.2) is 12.4 Å². The van der Waals surface area contributed by atoms with E-state index in [9.17, 15) is 0 Å². The number of nitrogens with zero attached hydrogens (tertiary/aromatic N) is 2. The van der Waals surface area contributed by atoms with Gasteiger partial charge in [-0.15, -0.1) is 0 Å². The Morgan fingerprint density at radius 1 is 1.35 bits per heavy atom. The zero-order valence-corrected chi connectivity index (χ0v) is 12.9. The highest BCUT2D eigenvalue weighted by molar-refractivity contribution is 5.17. The normalized spacial score (nSPS) is 24.4. The van der Waals surface area contributed by atoms with Crippen molar-refractivity contribution >= 4 is 0 Å². The van der Waals surface area contributed by atoms with E-state index in [4.69, 9.17) is 4.74 Å². The molecule has 1 saturated carbocycles. The van der Waals surface area contributed by atoms with Crippen LogP contribution >= 0.6 is 0 Å². The topological polar surface area (TPSA) is 47.0 Å². The second-order valence-corrected chi connectivity index (χ2v) is 5.72. The van der Waals surface area contributed by atoms with Gasteiger partial charge in [0.1, 0.15) is 6.33 Å². The lowest BCUT2D eigenvalue weighted by molar-refractivity contribution is 0.208. The van der Waals surface area contributed by atoms with Gasteiger partial charge in [0.25, 0.3) is 0 Å². The van der Waals surface area contributed by atoms with Gasteiger partial charge in [-0.3, -0.25) is 0 Å². The number of hydrogen-bond donors (Lipinski definition) is 1. The summed E-state index contributed by atoms with van der Waals surface area (Å²) in [4.78, 5) is 8.59. The van der Waals surface area contributed by atoms with Crippen LogP contribution in [0.25, 0.3) is 0 Å². The van der Waals surface area contributed by atoms with Crippen LogP contribution in [0.3, 0.4) is 0 Å². The minimum atomic E-state index is 0.325. The minimum absolute atomic E-state index is 0.325. The van der Waals surface area contributed by atoms with Crippen molar-refractivity contribution in [2.45, 2.75) is 52.0 Å². The molecule has 112 valence electrons. The summed E-state index contributed by atoms with van der Waals surface area (Å²) in [6.07, 6.45) is 8.23. The number of methoxy groups -OCH3 is 1. The molecule has 1 aromatic rings. The van der Waals surface area contributed by atoms with E-state index in [1.807, 2.05) is 6.07 Å². The number of hydrogen-bond acceptors (Lipinski definition) is 4. The fourth-order valence-corrected chi connectivity index (χ4v) is 3.37. The molecule has 0 aliphatic heterocycles. The molecule has 0 saturated heterocycles. The standard InChI is InChI=1S/C16H27N3O/c1-4-12-7-6-8-13(9-12)16(17-5-2)14-10-15(20-3)19-11-18-14/h10-13,16-17H,4-9H2,1-3H3. The van der Waals surface area contributed by atoms with E-state index in [1.54, 1.807) is 13.4 Å². The van der Waals surface area contributed by atoms with Crippen LogP contribution in [0.4, 0.5) is 0 Å². The van der Waals surface area contributed by atoms with Crippen molar-refractivity contribution in [3.8, 4) is 5.88 Å². The zero-order chi connectivity index (χ0) is 14.4. The van der Waals surface area contributed by atoms with E-state index in [0.29, 0.717) is 17.8 Å². The highest BCUT2D eigenvalue weighted by Gasteiger charge is 2.29.